The first kappa shape index (κ1) is 28.7. The van der Waals surface area contributed by atoms with Crippen LogP contribution in [-0.2, 0) is 23.4 Å². The molecule has 1 aliphatic heterocycles. The molecule has 39 heavy (non-hydrogen) atoms. The number of hydrogen-bond donors (Lipinski definition) is 3. The zero-order valence-electron chi connectivity index (χ0n) is 21.4. The highest BCUT2D eigenvalue weighted by Crippen LogP contribution is 2.47. The van der Waals surface area contributed by atoms with E-state index in [1.165, 1.54) is 6.92 Å². The molecule has 0 bridgehead atoms. The molecule has 5 atom stereocenters. The van der Waals surface area contributed by atoms with Gasteiger partial charge in [0.05, 0.1) is 25.0 Å². The lowest BCUT2D eigenvalue weighted by molar-refractivity contribution is -0.149. The highest BCUT2D eigenvalue weighted by Gasteiger charge is 2.40. The van der Waals surface area contributed by atoms with Crippen LogP contribution in [0.25, 0.3) is 10.8 Å². The van der Waals surface area contributed by atoms with Gasteiger partial charge in [0.15, 0.2) is 0 Å². The van der Waals surface area contributed by atoms with Gasteiger partial charge in [-0.15, -0.1) is 0 Å². The van der Waals surface area contributed by atoms with Crippen LogP contribution in [0.3, 0.4) is 0 Å². The number of aromatic nitrogens is 2. The predicted molar refractivity (Wildman–Crippen MR) is 138 cm³/mol. The molecule has 3 N–H and O–H groups in total. The number of aliphatic hydroxyl groups excluding tert-OH is 1. The van der Waals surface area contributed by atoms with E-state index in [2.05, 4.69) is 5.09 Å². The number of benzene rings is 2. The summed E-state index contributed by atoms with van der Waals surface area (Å²) < 4.78 is 50.8. The third-order valence-corrected chi connectivity index (χ3v) is 7.50. The lowest BCUT2D eigenvalue weighted by Gasteiger charge is -2.25. The van der Waals surface area contributed by atoms with Crippen molar-refractivity contribution >= 4 is 24.5 Å². The summed E-state index contributed by atoms with van der Waals surface area (Å²) in [4.78, 5) is 37.7. The highest BCUT2D eigenvalue weighted by atomic mass is 31.2. The van der Waals surface area contributed by atoms with Crippen LogP contribution in [0.5, 0.6) is 5.75 Å². The van der Waals surface area contributed by atoms with Gasteiger partial charge in [-0.25, -0.2) is 9.36 Å². The van der Waals surface area contributed by atoms with Gasteiger partial charge in [-0.1, -0.05) is 36.4 Å². The molecule has 1 unspecified atom stereocenters. The molecule has 14 heteroatoms. The number of carbonyl (C=O) groups is 1. The van der Waals surface area contributed by atoms with E-state index in [-0.39, 0.29) is 12.2 Å². The number of nitrogens with zero attached hydrogens (tertiary/aromatic N) is 1. The van der Waals surface area contributed by atoms with Gasteiger partial charge >= 0.3 is 19.4 Å². The number of nitrogens with one attached hydrogen (secondary N) is 2. The molecule has 0 spiro atoms. The smallest absolute Gasteiger partial charge is 0.459 e. The normalized spacial score (nSPS) is 21.5. The maximum Gasteiger partial charge on any atom is 0.459 e. The van der Waals surface area contributed by atoms with Gasteiger partial charge in [-0.3, -0.25) is 23.7 Å². The second-order valence-electron chi connectivity index (χ2n) is 9.27. The number of esters is 1. The molecule has 4 rings (SSSR count). The third kappa shape index (κ3) is 6.81. The number of ether oxygens (including phenoxy) is 2. The molecule has 1 aromatic heterocycles. The van der Waals surface area contributed by atoms with Crippen LogP contribution in [0.1, 0.15) is 33.4 Å². The van der Waals surface area contributed by atoms with Crippen molar-refractivity contribution in [2.24, 2.45) is 0 Å². The Labute approximate surface area is 222 Å². The number of halogens is 1. The van der Waals surface area contributed by atoms with Gasteiger partial charge in [0.25, 0.3) is 5.56 Å². The van der Waals surface area contributed by atoms with E-state index in [1.54, 1.807) is 38.1 Å². The molecular formula is C25H29FN3O9P. The van der Waals surface area contributed by atoms with Gasteiger partial charge in [-0.05, 0) is 32.2 Å². The highest BCUT2D eigenvalue weighted by molar-refractivity contribution is 7.52. The Morgan fingerprint density at radius 3 is 2.69 bits per heavy atom. The molecule has 1 aliphatic rings. The van der Waals surface area contributed by atoms with Crippen molar-refractivity contribution in [1.29, 1.82) is 0 Å². The number of fused-ring (bicyclic) bond motifs is 1. The zero-order valence-corrected chi connectivity index (χ0v) is 22.3. The Morgan fingerprint density at radius 2 is 1.95 bits per heavy atom. The van der Waals surface area contributed by atoms with Crippen molar-refractivity contribution in [3.8, 4) is 5.75 Å². The number of hydrogen-bond acceptors (Lipinski definition) is 9. The van der Waals surface area contributed by atoms with Gasteiger partial charge in [0.2, 0.25) is 5.82 Å². The van der Waals surface area contributed by atoms with E-state index in [4.69, 9.17) is 18.5 Å². The molecule has 2 heterocycles. The summed E-state index contributed by atoms with van der Waals surface area (Å²) in [6.45, 7) is 4.28. The maximum absolute atomic E-state index is 13.9. The van der Waals surface area contributed by atoms with Gasteiger partial charge < -0.3 is 19.1 Å². The second-order valence-corrected chi connectivity index (χ2v) is 11.0. The second kappa shape index (κ2) is 11.8. The topological polar surface area (TPSA) is 158 Å². The molecule has 0 saturated carbocycles. The van der Waals surface area contributed by atoms with Crippen LogP contribution in [0, 0.1) is 5.82 Å². The molecule has 1 fully saturated rings. The number of rotatable bonds is 10. The summed E-state index contributed by atoms with van der Waals surface area (Å²) in [6.07, 6.45) is -3.31. The Morgan fingerprint density at radius 1 is 1.23 bits per heavy atom. The van der Waals surface area contributed by atoms with Crippen molar-refractivity contribution in [3.05, 3.63) is 75.3 Å². The molecular weight excluding hydrogens is 536 g/mol. The lowest BCUT2D eigenvalue weighted by Crippen LogP contribution is -2.37. The molecule has 1 saturated heterocycles. The lowest BCUT2D eigenvalue weighted by atomic mass is 10.1. The van der Waals surface area contributed by atoms with E-state index in [1.807, 2.05) is 23.2 Å². The monoisotopic (exact) mass is 565 g/mol. The van der Waals surface area contributed by atoms with Crippen LogP contribution >= 0.6 is 7.75 Å². The van der Waals surface area contributed by atoms with E-state index < -0.39 is 68.0 Å². The van der Waals surface area contributed by atoms with Crippen molar-refractivity contribution in [2.75, 3.05) is 6.61 Å². The third-order valence-electron chi connectivity index (χ3n) is 5.87. The minimum Gasteiger partial charge on any atom is -0.462 e. The summed E-state index contributed by atoms with van der Waals surface area (Å²) >= 11 is 0. The molecule has 0 aliphatic carbocycles. The summed E-state index contributed by atoms with van der Waals surface area (Å²) in [5.41, 5.74) is -2.11. The van der Waals surface area contributed by atoms with Crippen LogP contribution in [-0.4, -0.2) is 51.6 Å². The fraction of sp³-hybridized carbons (Fsp3) is 0.400. The van der Waals surface area contributed by atoms with E-state index in [9.17, 15) is 28.4 Å². The van der Waals surface area contributed by atoms with Crippen molar-refractivity contribution in [3.63, 3.8) is 0 Å². The number of aromatic amines is 1. The van der Waals surface area contributed by atoms with Crippen LogP contribution in [0.2, 0.25) is 0 Å². The van der Waals surface area contributed by atoms with E-state index >= 15 is 0 Å². The fourth-order valence-electron chi connectivity index (χ4n) is 4.00. The Balaban J connectivity index is 1.55. The fourth-order valence-corrected chi connectivity index (χ4v) is 5.52. The molecule has 0 amide bonds. The first-order chi connectivity index (χ1) is 18.5. The van der Waals surface area contributed by atoms with Crippen molar-refractivity contribution < 1.29 is 37.4 Å². The average molecular weight is 565 g/mol. The SMILES string of the molecule is CC(C)OC(=O)[C@H](C)NP(=O)(OC[C@H]1O[C@@H](n2cc(F)c(=O)[nH]c2=O)C[C@H]1O)Oc1cccc2ccccc12. The van der Waals surface area contributed by atoms with Crippen LogP contribution in [0.4, 0.5) is 4.39 Å². The van der Waals surface area contributed by atoms with Crippen molar-refractivity contribution in [1.82, 2.24) is 14.6 Å². The van der Waals surface area contributed by atoms with Gasteiger partial charge in [-0.2, -0.15) is 9.48 Å². The number of carbonyl (C=O) groups excluding carboxylic acids is 1. The summed E-state index contributed by atoms with van der Waals surface area (Å²) in [7, 11) is -4.31. The quantitative estimate of drug-likeness (QED) is 0.246. The van der Waals surface area contributed by atoms with Crippen molar-refractivity contribution in [2.45, 2.75) is 57.8 Å². The molecule has 210 valence electrons. The molecule has 2 aromatic carbocycles. The Hall–Kier alpha value is -3.35. The molecule has 0 radical (unpaired) electrons. The standard InChI is InChI=1S/C25H29FN3O9P/c1-14(2)36-24(32)15(3)28-39(34,38-20-10-6-8-16-7-4-5-9-17(16)20)35-13-21-19(30)11-22(37-21)29-12-18(26)23(31)27-25(29)33/h4-10,12,14-15,19,21-22,30H,11,13H2,1-3H3,(H,28,34)(H,27,31,33)/t15-,19+,21+,22+,39?/m0/s1. The first-order valence-corrected chi connectivity index (χ1v) is 13.7. The zero-order chi connectivity index (χ0) is 28.3. The first-order valence-electron chi connectivity index (χ1n) is 12.2. The largest absolute Gasteiger partial charge is 0.462 e. The summed E-state index contributed by atoms with van der Waals surface area (Å²) in [5, 5.41) is 14.5. The number of aliphatic hydroxyl groups is 1. The summed E-state index contributed by atoms with van der Waals surface area (Å²) in [5.74, 6) is -1.67. The van der Waals surface area contributed by atoms with E-state index in [0.29, 0.717) is 11.6 Å². The Kier molecular flexibility index (Phi) is 8.67. The van der Waals surface area contributed by atoms with E-state index in [0.717, 1.165) is 9.95 Å². The predicted octanol–water partition coefficient (Wildman–Crippen LogP) is 2.61. The molecule has 12 nitrogen and oxygen atoms in total. The number of H-pyrrole nitrogens is 1. The van der Waals surface area contributed by atoms with Gasteiger partial charge in [0, 0.05) is 11.8 Å². The van der Waals surface area contributed by atoms with Crippen LogP contribution in [0.15, 0.2) is 58.3 Å². The maximum atomic E-state index is 13.9. The minimum atomic E-state index is -4.31. The van der Waals surface area contributed by atoms with Crippen LogP contribution < -0.4 is 20.9 Å². The Bertz CT molecular complexity index is 1500. The minimum absolute atomic E-state index is 0.140. The average Bonchev–Trinajstić information content (AvgIpc) is 3.25. The van der Waals surface area contributed by atoms with Gasteiger partial charge in [0.1, 0.15) is 24.1 Å². The molecule has 3 aromatic rings. The summed E-state index contributed by atoms with van der Waals surface area (Å²) in [6, 6.07) is 11.3.